The van der Waals surface area contributed by atoms with Crippen LogP contribution in [0.25, 0.3) is 0 Å². The summed E-state index contributed by atoms with van der Waals surface area (Å²) in [7, 11) is 2.14. The van der Waals surface area contributed by atoms with Crippen LogP contribution in [0.1, 0.15) is 26.7 Å². The van der Waals surface area contributed by atoms with E-state index in [9.17, 15) is 0 Å². The van der Waals surface area contributed by atoms with E-state index in [4.69, 9.17) is 5.26 Å². The van der Waals surface area contributed by atoms with Crippen LogP contribution in [0.5, 0.6) is 0 Å². The molecular weight excluding hydrogens is 174 g/mol. The minimum Gasteiger partial charge on any atom is -0.303 e. The van der Waals surface area contributed by atoms with E-state index in [1.807, 2.05) is 0 Å². The van der Waals surface area contributed by atoms with Gasteiger partial charge in [0.25, 0.3) is 0 Å². The van der Waals surface area contributed by atoms with Gasteiger partial charge in [-0.2, -0.15) is 5.26 Å². The van der Waals surface area contributed by atoms with Gasteiger partial charge in [-0.05, 0) is 26.9 Å². The normalized spacial score (nSPS) is 30.1. The number of rotatable bonds is 3. The quantitative estimate of drug-likeness (QED) is 0.680. The molecule has 1 saturated heterocycles. The second-order valence-electron chi connectivity index (χ2n) is 4.32. The summed E-state index contributed by atoms with van der Waals surface area (Å²) < 4.78 is 0. The Balaban J connectivity index is 2.61. The highest BCUT2D eigenvalue weighted by molar-refractivity contribution is 4.91. The van der Waals surface area contributed by atoms with E-state index >= 15 is 0 Å². The van der Waals surface area contributed by atoms with Crippen molar-refractivity contribution in [3.8, 4) is 6.07 Å². The molecule has 2 atom stereocenters. The van der Waals surface area contributed by atoms with Crippen molar-refractivity contribution in [1.82, 2.24) is 9.80 Å². The molecule has 14 heavy (non-hydrogen) atoms. The summed E-state index contributed by atoms with van der Waals surface area (Å²) >= 11 is 0. The van der Waals surface area contributed by atoms with E-state index in [0.717, 1.165) is 19.6 Å². The Hall–Kier alpha value is -0.590. The summed E-state index contributed by atoms with van der Waals surface area (Å²) in [5.74, 6) is 0. The molecule has 1 fully saturated rings. The third kappa shape index (κ3) is 2.70. The van der Waals surface area contributed by atoms with Gasteiger partial charge in [-0.1, -0.05) is 6.92 Å². The lowest BCUT2D eigenvalue weighted by atomic mass is 10.0. The van der Waals surface area contributed by atoms with Crippen molar-refractivity contribution < 1.29 is 0 Å². The van der Waals surface area contributed by atoms with Gasteiger partial charge in [-0.15, -0.1) is 0 Å². The fraction of sp³-hybridized carbons (Fsp3) is 0.909. The highest BCUT2D eigenvalue weighted by Gasteiger charge is 2.29. The molecule has 0 radical (unpaired) electrons. The molecule has 0 spiro atoms. The average molecular weight is 195 g/mol. The van der Waals surface area contributed by atoms with Crippen molar-refractivity contribution in [2.45, 2.75) is 38.8 Å². The summed E-state index contributed by atoms with van der Waals surface area (Å²) in [6, 6.07) is 3.33. The maximum atomic E-state index is 8.78. The van der Waals surface area contributed by atoms with Gasteiger partial charge in [0, 0.05) is 25.2 Å². The lowest BCUT2D eigenvalue weighted by Gasteiger charge is -2.43. The predicted octanol–water partition coefficient (Wildman–Crippen LogP) is 1.31. The summed E-state index contributed by atoms with van der Waals surface area (Å²) in [5.41, 5.74) is 0. The van der Waals surface area contributed by atoms with Gasteiger partial charge in [0.15, 0.2) is 0 Å². The Kier molecular flexibility index (Phi) is 4.37. The zero-order valence-corrected chi connectivity index (χ0v) is 9.53. The number of nitriles is 1. The summed E-state index contributed by atoms with van der Waals surface area (Å²) in [6.45, 7) is 7.76. The van der Waals surface area contributed by atoms with E-state index in [1.165, 1.54) is 6.42 Å². The van der Waals surface area contributed by atoms with Crippen LogP contribution in [0.15, 0.2) is 0 Å². The third-order valence-corrected chi connectivity index (χ3v) is 2.94. The van der Waals surface area contributed by atoms with Crippen LogP contribution in [0, 0.1) is 11.3 Å². The molecule has 0 aliphatic carbocycles. The van der Waals surface area contributed by atoms with Gasteiger partial charge < -0.3 is 4.90 Å². The Morgan fingerprint density at radius 3 is 2.71 bits per heavy atom. The van der Waals surface area contributed by atoms with Crippen molar-refractivity contribution in [1.29, 1.82) is 5.26 Å². The minimum absolute atomic E-state index is 0.439. The largest absolute Gasteiger partial charge is 0.303 e. The van der Waals surface area contributed by atoms with Gasteiger partial charge in [0.05, 0.1) is 12.5 Å². The van der Waals surface area contributed by atoms with Crippen molar-refractivity contribution in [3.63, 3.8) is 0 Å². The molecule has 1 heterocycles. The number of piperazine rings is 1. The highest BCUT2D eigenvalue weighted by atomic mass is 15.3. The zero-order chi connectivity index (χ0) is 10.6. The standard InChI is InChI=1S/C11H21N3/c1-4-7-14-10(2)8-13(3)9-11(14)5-6-12/h10-11H,4-5,7-9H2,1-3H3. The first kappa shape index (κ1) is 11.5. The molecule has 1 aliphatic heterocycles. The first-order chi connectivity index (χ1) is 6.69. The molecule has 80 valence electrons. The first-order valence-corrected chi connectivity index (χ1v) is 5.50. The molecule has 0 aromatic rings. The Labute approximate surface area is 87.3 Å². The second kappa shape index (κ2) is 5.33. The van der Waals surface area contributed by atoms with Gasteiger partial charge in [-0.3, -0.25) is 4.90 Å². The maximum absolute atomic E-state index is 8.78. The molecule has 1 aliphatic rings. The summed E-state index contributed by atoms with van der Waals surface area (Å²) in [4.78, 5) is 4.82. The van der Waals surface area contributed by atoms with Gasteiger partial charge >= 0.3 is 0 Å². The van der Waals surface area contributed by atoms with Crippen molar-refractivity contribution in [2.75, 3.05) is 26.7 Å². The highest BCUT2D eigenvalue weighted by Crippen LogP contribution is 2.17. The summed E-state index contributed by atoms with van der Waals surface area (Å²) in [6.07, 6.45) is 1.84. The van der Waals surface area contributed by atoms with E-state index in [1.54, 1.807) is 0 Å². The first-order valence-electron chi connectivity index (χ1n) is 5.50. The Bertz CT molecular complexity index is 209. The van der Waals surface area contributed by atoms with Crippen LogP contribution in [-0.2, 0) is 0 Å². The fourth-order valence-corrected chi connectivity index (χ4v) is 2.40. The fourth-order valence-electron chi connectivity index (χ4n) is 2.40. The van der Waals surface area contributed by atoms with E-state index in [0.29, 0.717) is 18.5 Å². The van der Waals surface area contributed by atoms with Crippen LogP contribution in [0.2, 0.25) is 0 Å². The topological polar surface area (TPSA) is 30.3 Å². The maximum Gasteiger partial charge on any atom is 0.0638 e. The lowest BCUT2D eigenvalue weighted by Crippen LogP contribution is -2.56. The lowest BCUT2D eigenvalue weighted by molar-refractivity contribution is 0.0458. The van der Waals surface area contributed by atoms with E-state index < -0.39 is 0 Å². The van der Waals surface area contributed by atoms with Gasteiger partial charge in [0.2, 0.25) is 0 Å². The molecule has 0 aromatic carbocycles. The van der Waals surface area contributed by atoms with Gasteiger partial charge in [-0.25, -0.2) is 0 Å². The minimum atomic E-state index is 0.439. The van der Waals surface area contributed by atoms with Gasteiger partial charge in [0.1, 0.15) is 0 Å². The monoisotopic (exact) mass is 195 g/mol. The molecule has 0 amide bonds. The molecule has 2 unspecified atom stereocenters. The number of hydrogen-bond acceptors (Lipinski definition) is 3. The molecular formula is C11H21N3. The Morgan fingerprint density at radius 2 is 2.14 bits per heavy atom. The van der Waals surface area contributed by atoms with E-state index in [2.05, 4.69) is 36.8 Å². The number of hydrogen-bond donors (Lipinski definition) is 0. The third-order valence-electron chi connectivity index (χ3n) is 2.94. The SMILES string of the molecule is CCCN1C(C)CN(C)CC1CC#N. The van der Waals surface area contributed by atoms with Crippen molar-refractivity contribution >= 4 is 0 Å². The zero-order valence-electron chi connectivity index (χ0n) is 9.53. The van der Waals surface area contributed by atoms with Crippen LogP contribution in [0.4, 0.5) is 0 Å². The van der Waals surface area contributed by atoms with Crippen LogP contribution in [0.3, 0.4) is 0 Å². The summed E-state index contributed by atoms with van der Waals surface area (Å²) in [5, 5.41) is 8.78. The number of nitrogens with zero attached hydrogens (tertiary/aromatic N) is 3. The molecule has 3 heteroatoms. The van der Waals surface area contributed by atoms with Crippen molar-refractivity contribution in [3.05, 3.63) is 0 Å². The predicted molar refractivity (Wildman–Crippen MR) is 58.0 cm³/mol. The molecule has 1 rings (SSSR count). The van der Waals surface area contributed by atoms with Crippen LogP contribution >= 0.6 is 0 Å². The molecule has 0 bridgehead atoms. The molecule has 0 saturated carbocycles. The molecule has 0 aromatic heterocycles. The molecule has 0 N–H and O–H groups in total. The van der Waals surface area contributed by atoms with Crippen LogP contribution < -0.4 is 0 Å². The van der Waals surface area contributed by atoms with Crippen molar-refractivity contribution in [2.24, 2.45) is 0 Å². The second-order valence-corrected chi connectivity index (χ2v) is 4.32. The average Bonchev–Trinajstić information content (AvgIpc) is 2.11. The Morgan fingerprint density at radius 1 is 1.43 bits per heavy atom. The molecule has 3 nitrogen and oxygen atoms in total. The number of likely N-dealkylation sites (N-methyl/N-ethyl adjacent to an activating group) is 1. The van der Waals surface area contributed by atoms with E-state index in [-0.39, 0.29) is 0 Å². The smallest absolute Gasteiger partial charge is 0.0638 e. The van der Waals surface area contributed by atoms with Crippen LogP contribution in [-0.4, -0.2) is 48.6 Å².